The minimum absolute atomic E-state index is 0.00169. The van der Waals surface area contributed by atoms with Crippen molar-refractivity contribution in [3.63, 3.8) is 0 Å². The number of nitrogens with one attached hydrogen (secondary N) is 1. The lowest BCUT2D eigenvalue weighted by Crippen LogP contribution is -2.28. The minimum atomic E-state index is -1.31. The summed E-state index contributed by atoms with van der Waals surface area (Å²) in [5.74, 6) is -2.48. The maximum atomic E-state index is 13.6. The molecule has 0 aliphatic carbocycles. The highest BCUT2D eigenvalue weighted by Crippen LogP contribution is 2.29. The van der Waals surface area contributed by atoms with Crippen molar-refractivity contribution in [3.05, 3.63) is 33.9 Å². The number of aliphatic hydroxyl groups excluding tert-OH is 1. The Hall–Kier alpha value is -1.76. The zero-order valence-corrected chi connectivity index (χ0v) is 11.4. The molecule has 0 aromatic heterocycles. The molecule has 7 heteroatoms. The highest BCUT2D eigenvalue weighted by atomic mass is 19.2. The molecule has 1 atom stereocenters. The van der Waals surface area contributed by atoms with Crippen LogP contribution >= 0.6 is 0 Å². The van der Waals surface area contributed by atoms with E-state index in [9.17, 15) is 24.0 Å². The van der Waals surface area contributed by atoms with Crippen LogP contribution in [0, 0.1) is 27.7 Å². The summed E-state index contributed by atoms with van der Waals surface area (Å²) in [5, 5.41) is 23.1. The fourth-order valence-corrected chi connectivity index (χ4v) is 2.07. The van der Waals surface area contributed by atoms with E-state index in [1.807, 2.05) is 13.8 Å². The van der Waals surface area contributed by atoms with E-state index < -0.39 is 34.0 Å². The van der Waals surface area contributed by atoms with Crippen molar-refractivity contribution in [1.82, 2.24) is 0 Å². The Morgan fingerprint density at radius 3 is 2.45 bits per heavy atom. The van der Waals surface area contributed by atoms with Gasteiger partial charge in [-0.3, -0.25) is 10.1 Å². The van der Waals surface area contributed by atoms with Gasteiger partial charge in [0.1, 0.15) is 0 Å². The van der Waals surface area contributed by atoms with Gasteiger partial charge in [-0.1, -0.05) is 26.7 Å². The molecule has 0 heterocycles. The van der Waals surface area contributed by atoms with Crippen molar-refractivity contribution in [3.8, 4) is 0 Å². The van der Waals surface area contributed by atoms with Crippen LogP contribution in [0.3, 0.4) is 0 Å². The molecule has 2 N–H and O–H groups in total. The summed E-state index contributed by atoms with van der Waals surface area (Å²) < 4.78 is 26.8. The van der Waals surface area contributed by atoms with Gasteiger partial charge in [0.25, 0.3) is 5.69 Å². The van der Waals surface area contributed by atoms with E-state index in [0.717, 1.165) is 18.9 Å². The number of rotatable bonds is 7. The maximum absolute atomic E-state index is 13.6. The second kappa shape index (κ2) is 7.14. The predicted molar refractivity (Wildman–Crippen MR) is 71.6 cm³/mol. The Labute approximate surface area is 115 Å². The van der Waals surface area contributed by atoms with Crippen molar-refractivity contribution < 1.29 is 18.8 Å². The first-order chi connectivity index (χ1) is 9.42. The van der Waals surface area contributed by atoms with Crippen molar-refractivity contribution in [1.29, 1.82) is 0 Å². The SMILES string of the molecule is CCC(CC)C(O)CNc1c([N+](=O)[O-])ccc(F)c1F. The average molecular weight is 288 g/mol. The summed E-state index contributed by atoms with van der Waals surface area (Å²) in [6.07, 6.45) is 0.674. The standard InChI is InChI=1S/C13H18F2N2O3/c1-3-8(4-2)11(18)7-16-13-10(17(19)20)6-5-9(14)12(13)15/h5-6,8,11,16,18H,3-4,7H2,1-2H3. The van der Waals surface area contributed by atoms with Gasteiger partial charge < -0.3 is 10.4 Å². The molecule has 1 aromatic rings. The van der Waals surface area contributed by atoms with Crippen molar-refractivity contribution in [2.24, 2.45) is 5.92 Å². The Morgan fingerprint density at radius 1 is 1.35 bits per heavy atom. The minimum Gasteiger partial charge on any atom is -0.391 e. The van der Waals surface area contributed by atoms with Gasteiger partial charge in [0.2, 0.25) is 0 Å². The first-order valence-electron chi connectivity index (χ1n) is 6.46. The third kappa shape index (κ3) is 3.63. The first kappa shape index (κ1) is 16.3. The summed E-state index contributed by atoms with van der Waals surface area (Å²) in [5.41, 5.74) is -1.08. The molecule has 20 heavy (non-hydrogen) atoms. The normalized spacial score (nSPS) is 12.5. The fraction of sp³-hybridized carbons (Fsp3) is 0.538. The number of anilines is 1. The molecule has 0 spiro atoms. The van der Waals surface area contributed by atoms with Gasteiger partial charge >= 0.3 is 0 Å². The van der Waals surface area contributed by atoms with Crippen LogP contribution in [0.15, 0.2) is 12.1 Å². The van der Waals surface area contributed by atoms with E-state index in [1.165, 1.54) is 0 Å². The zero-order chi connectivity index (χ0) is 15.3. The van der Waals surface area contributed by atoms with E-state index in [-0.39, 0.29) is 12.5 Å². The molecule has 0 saturated carbocycles. The van der Waals surface area contributed by atoms with E-state index in [4.69, 9.17) is 0 Å². The van der Waals surface area contributed by atoms with Crippen LogP contribution in [0.1, 0.15) is 26.7 Å². The number of benzene rings is 1. The predicted octanol–water partition coefficient (Wildman–Crippen LogP) is 3.08. The molecule has 1 aromatic carbocycles. The van der Waals surface area contributed by atoms with Gasteiger partial charge in [0.05, 0.1) is 11.0 Å². The highest BCUT2D eigenvalue weighted by Gasteiger charge is 2.23. The third-order valence-corrected chi connectivity index (χ3v) is 3.35. The molecule has 0 fully saturated rings. The van der Waals surface area contributed by atoms with Crippen molar-refractivity contribution >= 4 is 11.4 Å². The van der Waals surface area contributed by atoms with E-state index in [2.05, 4.69) is 5.32 Å². The summed E-state index contributed by atoms with van der Waals surface area (Å²) in [6, 6.07) is 1.60. The highest BCUT2D eigenvalue weighted by molar-refractivity contribution is 5.62. The molecule has 1 unspecified atom stereocenters. The summed E-state index contributed by atoms with van der Waals surface area (Å²) in [4.78, 5) is 9.99. The van der Waals surface area contributed by atoms with Gasteiger partial charge in [-0.15, -0.1) is 0 Å². The molecule has 0 radical (unpaired) electrons. The Morgan fingerprint density at radius 2 is 1.95 bits per heavy atom. The number of hydrogen-bond donors (Lipinski definition) is 2. The molecule has 112 valence electrons. The monoisotopic (exact) mass is 288 g/mol. The number of nitro groups is 1. The maximum Gasteiger partial charge on any atom is 0.295 e. The van der Waals surface area contributed by atoms with Crippen LogP contribution in [0.25, 0.3) is 0 Å². The van der Waals surface area contributed by atoms with Crippen molar-refractivity contribution in [2.75, 3.05) is 11.9 Å². The number of halogens is 2. The lowest BCUT2D eigenvalue weighted by Gasteiger charge is -2.21. The Kier molecular flexibility index (Phi) is 5.82. The van der Waals surface area contributed by atoms with Gasteiger partial charge in [0, 0.05) is 12.6 Å². The lowest BCUT2D eigenvalue weighted by molar-refractivity contribution is -0.384. The van der Waals surface area contributed by atoms with E-state index in [1.54, 1.807) is 0 Å². The smallest absolute Gasteiger partial charge is 0.295 e. The fourth-order valence-electron chi connectivity index (χ4n) is 2.07. The van der Waals surface area contributed by atoms with Crippen LogP contribution < -0.4 is 5.32 Å². The average Bonchev–Trinajstić information content (AvgIpc) is 2.41. The number of hydrogen-bond acceptors (Lipinski definition) is 4. The first-order valence-corrected chi connectivity index (χ1v) is 6.46. The zero-order valence-electron chi connectivity index (χ0n) is 11.4. The summed E-state index contributed by atoms with van der Waals surface area (Å²) in [6.45, 7) is 3.73. The van der Waals surface area contributed by atoms with Crippen molar-refractivity contribution in [2.45, 2.75) is 32.8 Å². The Balaban J connectivity index is 2.91. The Bertz CT molecular complexity index is 479. The van der Waals surface area contributed by atoms with Gasteiger partial charge in [-0.05, 0) is 12.0 Å². The summed E-state index contributed by atoms with van der Waals surface area (Å²) >= 11 is 0. The van der Waals surface area contributed by atoms with Crippen LogP contribution in [-0.4, -0.2) is 22.7 Å². The van der Waals surface area contributed by atoms with Gasteiger partial charge in [-0.2, -0.15) is 0 Å². The molecular formula is C13H18F2N2O3. The lowest BCUT2D eigenvalue weighted by atomic mass is 9.96. The van der Waals surface area contributed by atoms with Gasteiger partial charge in [-0.25, -0.2) is 8.78 Å². The van der Waals surface area contributed by atoms with Crippen LogP contribution in [0.4, 0.5) is 20.2 Å². The van der Waals surface area contributed by atoms with Crippen LogP contribution in [0.2, 0.25) is 0 Å². The molecule has 0 bridgehead atoms. The number of aliphatic hydroxyl groups is 1. The van der Waals surface area contributed by atoms with Crippen LogP contribution in [0.5, 0.6) is 0 Å². The van der Waals surface area contributed by atoms with Crippen LogP contribution in [-0.2, 0) is 0 Å². The molecular weight excluding hydrogens is 270 g/mol. The van der Waals surface area contributed by atoms with Gasteiger partial charge in [0.15, 0.2) is 17.3 Å². The largest absolute Gasteiger partial charge is 0.391 e. The molecule has 0 amide bonds. The summed E-state index contributed by atoms with van der Waals surface area (Å²) in [7, 11) is 0. The molecule has 0 aliphatic rings. The molecule has 0 saturated heterocycles. The molecule has 0 aliphatic heterocycles. The quantitative estimate of drug-likeness (QED) is 0.597. The second-order valence-electron chi connectivity index (χ2n) is 4.54. The number of nitrogens with zero attached hydrogens (tertiary/aromatic N) is 1. The second-order valence-corrected chi connectivity index (χ2v) is 4.54. The third-order valence-electron chi connectivity index (χ3n) is 3.35. The molecule has 1 rings (SSSR count). The molecule has 5 nitrogen and oxygen atoms in total. The van der Waals surface area contributed by atoms with E-state index >= 15 is 0 Å². The topological polar surface area (TPSA) is 75.4 Å². The number of nitro benzene ring substituents is 1. The van der Waals surface area contributed by atoms with E-state index in [0.29, 0.717) is 6.07 Å².